The maximum atomic E-state index is 5.04. The van der Waals surface area contributed by atoms with E-state index < -0.39 is 0 Å². The summed E-state index contributed by atoms with van der Waals surface area (Å²) in [7, 11) is 0. The normalized spacial score (nSPS) is 29.6. The second-order valence-corrected chi connectivity index (χ2v) is 1.47. The molecule has 3 heteroatoms. The first-order chi connectivity index (χ1) is 2.89. The summed E-state index contributed by atoms with van der Waals surface area (Å²) in [5.41, 5.74) is 0. The number of hydrogen-bond acceptors (Lipinski definition) is 2. The van der Waals surface area contributed by atoms with Crippen LogP contribution in [0.25, 0.3) is 0 Å². The van der Waals surface area contributed by atoms with E-state index in [4.69, 9.17) is 4.74 Å². The molecule has 0 amide bonds. The van der Waals surface area contributed by atoms with Gasteiger partial charge in [0.05, 0.1) is 6.61 Å². The van der Waals surface area contributed by atoms with Crippen molar-refractivity contribution in [3.05, 3.63) is 0 Å². The van der Waals surface area contributed by atoms with E-state index >= 15 is 0 Å². The van der Waals surface area contributed by atoms with E-state index in [1.807, 2.05) is 6.92 Å². The minimum absolute atomic E-state index is 0. The SMILES string of the molecule is C[C@@H]1NCCO1.[B]. The van der Waals surface area contributed by atoms with E-state index in [9.17, 15) is 0 Å². The van der Waals surface area contributed by atoms with Crippen molar-refractivity contribution in [1.29, 1.82) is 0 Å². The van der Waals surface area contributed by atoms with Crippen LogP contribution in [0.4, 0.5) is 0 Å². The Morgan fingerprint density at radius 1 is 1.71 bits per heavy atom. The molecule has 0 unspecified atom stereocenters. The van der Waals surface area contributed by atoms with Crippen molar-refractivity contribution in [1.82, 2.24) is 5.32 Å². The summed E-state index contributed by atoms with van der Waals surface area (Å²) < 4.78 is 5.04. The zero-order valence-corrected chi connectivity index (χ0v) is 4.48. The molecule has 3 radical (unpaired) electrons. The van der Waals surface area contributed by atoms with Crippen LogP contribution in [0, 0.1) is 0 Å². The number of ether oxygens (including phenoxy) is 1. The van der Waals surface area contributed by atoms with Crippen LogP contribution in [0.2, 0.25) is 0 Å². The molecule has 7 heavy (non-hydrogen) atoms. The van der Waals surface area contributed by atoms with E-state index in [0.717, 1.165) is 13.2 Å². The predicted molar refractivity (Wildman–Crippen MR) is 29.2 cm³/mol. The highest BCUT2D eigenvalue weighted by Crippen LogP contribution is 1.89. The Bertz CT molecular complexity index is 45.0. The third kappa shape index (κ3) is 1.95. The van der Waals surface area contributed by atoms with Gasteiger partial charge in [-0.05, 0) is 6.92 Å². The maximum Gasteiger partial charge on any atom is 0.105 e. The lowest BCUT2D eigenvalue weighted by molar-refractivity contribution is 0.116. The standard InChI is InChI=1S/C4H9NO.B/c1-4-5-2-3-6-4;/h4-5H,2-3H2,1H3;/t4-;/m1./s1. The van der Waals surface area contributed by atoms with E-state index in [1.165, 1.54) is 0 Å². The molecule has 0 aromatic rings. The number of nitrogens with one attached hydrogen (secondary N) is 1. The lowest BCUT2D eigenvalue weighted by Crippen LogP contribution is -2.17. The Morgan fingerprint density at radius 2 is 2.43 bits per heavy atom. The second kappa shape index (κ2) is 3.05. The van der Waals surface area contributed by atoms with Crippen LogP contribution in [0.5, 0.6) is 0 Å². The van der Waals surface area contributed by atoms with Crippen molar-refractivity contribution in [3.63, 3.8) is 0 Å². The zero-order chi connectivity index (χ0) is 4.41. The van der Waals surface area contributed by atoms with Gasteiger partial charge in [-0.25, -0.2) is 0 Å². The fraction of sp³-hybridized carbons (Fsp3) is 1.00. The van der Waals surface area contributed by atoms with Crippen LogP contribution in [0.3, 0.4) is 0 Å². The van der Waals surface area contributed by atoms with Crippen molar-refractivity contribution >= 4 is 8.41 Å². The fourth-order valence-electron chi connectivity index (χ4n) is 0.557. The van der Waals surface area contributed by atoms with Gasteiger partial charge in [0, 0.05) is 15.0 Å². The smallest absolute Gasteiger partial charge is 0.105 e. The molecular formula is C4H9BNO. The summed E-state index contributed by atoms with van der Waals surface area (Å²) in [5, 5.41) is 3.10. The van der Waals surface area contributed by atoms with E-state index in [-0.39, 0.29) is 8.41 Å². The summed E-state index contributed by atoms with van der Waals surface area (Å²) in [6.07, 6.45) is 0.296. The van der Waals surface area contributed by atoms with Gasteiger partial charge in [-0.1, -0.05) is 0 Å². The Kier molecular flexibility index (Phi) is 3.04. The first-order valence-electron chi connectivity index (χ1n) is 2.24. The summed E-state index contributed by atoms with van der Waals surface area (Å²) in [5.74, 6) is 0. The van der Waals surface area contributed by atoms with Gasteiger partial charge in [0.15, 0.2) is 0 Å². The Hall–Kier alpha value is -0.0151. The van der Waals surface area contributed by atoms with Crippen molar-refractivity contribution in [3.8, 4) is 0 Å². The first-order valence-corrected chi connectivity index (χ1v) is 2.24. The summed E-state index contributed by atoms with van der Waals surface area (Å²) in [4.78, 5) is 0. The molecule has 2 nitrogen and oxygen atoms in total. The summed E-state index contributed by atoms with van der Waals surface area (Å²) in [6, 6.07) is 0. The monoisotopic (exact) mass is 98.1 g/mol. The van der Waals surface area contributed by atoms with Crippen LogP contribution in [0.15, 0.2) is 0 Å². The van der Waals surface area contributed by atoms with Gasteiger partial charge in [-0.3, -0.25) is 5.32 Å². The minimum Gasteiger partial charge on any atom is -0.362 e. The molecule has 1 N–H and O–H groups in total. The topological polar surface area (TPSA) is 21.3 Å². The zero-order valence-electron chi connectivity index (χ0n) is 4.48. The molecule has 0 aromatic heterocycles. The molecular weight excluding hydrogens is 88.9 g/mol. The molecule has 0 spiro atoms. The lowest BCUT2D eigenvalue weighted by atomic mass is 10.7. The van der Waals surface area contributed by atoms with Gasteiger partial charge < -0.3 is 4.74 Å². The van der Waals surface area contributed by atoms with Crippen molar-refractivity contribution < 1.29 is 4.74 Å². The van der Waals surface area contributed by atoms with Crippen LogP contribution in [-0.4, -0.2) is 27.8 Å². The van der Waals surface area contributed by atoms with E-state index in [1.54, 1.807) is 0 Å². The second-order valence-electron chi connectivity index (χ2n) is 1.47. The van der Waals surface area contributed by atoms with E-state index in [2.05, 4.69) is 5.32 Å². The van der Waals surface area contributed by atoms with Gasteiger partial charge in [0.2, 0.25) is 0 Å². The van der Waals surface area contributed by atoms with Gasteiger partial charge in [-0.2, -0.15) is 0 Å². The molecule has 39 valence electrons. The van der Waals surface area contributed by atoms with Gasteiger partial charge in [0.25, 0.3) is 0 Å². The maximum absolute atomic E-state index is 5.04. The third-order valence-electron chi connectivity index (χ3n) is 0.902. The average molecular weight is 97.9 g/mol. The Balaban J connectivity index is 0.000000360. The molecule has 1 fully saturated rings. The van der Waals surface area contributed by atoms with Gasteiger partial charge in [-0.15, -0.1) is 0 Å². The first kappa shape index (κ1) is 6.98. The third-order valence-corrected chi connectivity index (χ3v) is 0.902. The van der Waals surface area contributed by atoms with Crippen LogP contribution in [-0.2, 0) is 4.74 Å². The Morgan fingerprint density at radius 3 is 2.57 bits per heavy atom. The lowest BCUT2D eigenvalue weighted by Gasteiger charge is -1.96. The Labute approximate surface area is 45.8 Å². The highest BCUT2D eigenvalue weighted by Gasteiger charge is 2.05. The average Bonchev–Trinajstić information content (AvgIpc) is 1.86. The highest BCUT2D eigenvalue weighted by molar-refractivity contribution is 5.75. The van der Waals surface area contributed by atoms with Gasteiger partial charge >= 0.3 is 0 Å². The molecule has 1 rings (SSSR count). The van der Waals surface area contributed by atoms with E-state index in [0.29, 0.717) is 6.23 Å². The number of rotatable bonds is 0. The van der Waals surface area contributed by atoms with Crippen LogP contribution < -0.4 is 5.32 Å². The van der Waals surface area contributed by atoms with Crippen molar-refractivity contribution in [2.45, 2.75) is 13.2 Å². The van der Waals surface area contributed by atoms with Crippen molar-refractivity contribution in [2.75, 3.05) is 13.2 Å². The van der Waals surface area contributed by atoms with Crippen LogP contribution in [0.1, 0.15) is 6.92 Å². The fourth-order valence-corrected chi connectivity index (χ4v) is 0.557. The molecule has 1 aliphatic rings. The number of hydrogen-bond donors (Lipinski definition) is 1. The quantitative estimate of drug-likeness (QED) is 0.415. The summed E-state index contributed by atoms with van der Waals surface area (Å²) >= 11 is 0. The molecule has 1 heterocycles. The van der Waals surface area contributed by atoms with Gasteiger partial charge in [0.1, 0.15) is 6.23 Å². The molecule has 0 saturated carbocycles. The summed E-state index contributed by atoms with van der Waals surface area (Å²) in [6.45, 7) is 3.90. The molecule has 0 aromatic carbocycles. The molecule has 0 aliphatic carbocycles. The molecule has 1 atom stereocenters. The minimum atomic E-state index is 0. The molecule has 1 aliphatic heterocycles. The highest BCUT2D eigenvalue weighted by atomic mass is 16.5. The predicted octanol–water partition coefficient (Wildman–Crippen LogP) is -0.429. The molecule has 1 saturated heterocycles. The molecule has 0 bridgehead atoms. The van der Waals surface area contributed by atoms with Crippen molar-refractivity contribution in [2.24, 2.45) is 0 Å². The largest absolute Gasteiger partial charge is 0.362 e. The van der Waals surface area contributed by atoms with Crippen LogP contribution >= 0.6 is 0 Å².